The molecule has 0 saturated heterocycles. The van der Waals surface area contributed by atoms with Gasteiger partial charge in [0.1, 0.15) is 16.5 Å². The molecular formula is C24H19ClN2O4. The van der Waals surface area contributed by atoms with E-state index in [1.165, 1.54) is 12.3 Å². The molecule has 0 radical (unpaired) electrons. The van der Waals surface area contributed by atoms with E-state index in [0.717, 1.165) is 22.1 Å². The van der Waals surface area contributed by atoms with Crippen LogP contribution in [0.1, 0.15) is 12.0 Å². The molecule has 2 aromatic heterocycles. The Morgan fingerprint density at radius 3 is 2.68 bits per heavy atom. The third kappa shape index (κ3) is 4.75. The molecule has 4 aromatic rings. The van der Waals surface area contributed by atoms with E-state index in [4.69, 9.17) is 20.8 Å². The minimum Gasteiger partial charge on any atom is -0.496 e. The topological polar surface area (TPSA) is 81.4 Å². The molecule has 156 valence electrons. The van der Waals surface area contributed by atoms with E-state index in [2.05, 4.69) is 10.3 Å². The molecule has 0 spiro atoms. The third-order valence-corrected chi connectivity index (χ3v) is 5.07. The molecule has 0 atom stereocenters. The van der Waals surface area contributed by atoms with Crippen LogP contribution in [-0.4, -0.2) is 18.0 Å². The van der Waals surface area contributed by atoms with Crippen LogP contribution < -0.4 is 15.7 Å². The second-order valence-corrected chi connectivity index (χ2v) is 7.31. The molecule has 0 bridgehead atoms. The van der Waals surface area contributed by atoms with Crippen molar-refractivity contribution in [3.8, 4) is 16.9 Å². The van der Waals surface area contributed by atoms with Crippen molar-refractivity contribution in [2.45, 2.75) is 12.8 Å². The number of methoxy groups -OCH3 is 1. The lowest BCUT2D eigenvalue weighted by Crippen LogP contribution is -2.12. The van der Waals surface area contributed by atoms with Crippen molar-refractivity contribution >= 4 is 34.2 Å². The number of amides is 1. The van der Waals surface area contributed by atoms with Gasteiger partial charge in [0.2, 0.25) is 5.91 Å². The Labute approximate surface area is 183 Å². The molecule has 0 fully saturated rings. The van der Waals surface area contributed by atoms with Gasteiger partial charge in [0.15, 0.2) is 0 Å². The van der Waals surface area contributed by atoms with Crippen molar-refractivity contribution in [1.29, 1.82) is 0 Å². The van der Waals surface area contributed by atoms with Crippen molar-refractivity contribution in [3.63, 3.8) is 0 Å². The summed E-state index contributed by atoms with van der Waals surface area (Å²) in [6.45, 7) is 0. The number of aromatic nitrogens is 1. The van der Waals surface area contributed by atoms with Gasteiger partial charge in [-0.1, -0.05) is 41.9 Å². The molecule has 4 rings (SSSR count). The van der Waals surface area contributed by atoms with E-state index in [0.29, 0.717) is 28.6 Å². The van der Waals surface area contributed by atoms with Crippen LogP contribution in [0.25, 0.3) is 22.1 Å². The summed E-state index contributed by atoms with van der Waals surface area (Å²) < 4.78 is 10.9. The van der Waals surface area contributed by atoms with Crippen LogP contribution in [0.5, 0.6) is 5.75 Å². The first-order chi connectivity index (χ1) is 15.0. The number of rotatable bonds is 6. The number of carbonyl (C=O) groups excluding carboxylic acids is 1. The van der Waals surface area contributed by atoms with Crippen LogP contribution in [0, 0.1) is 0 Å². The molecule has 0 aliphatic heterocycles. The average Bonchev–Trinajstić information content (AvgIpc) is 2.77. The van der Waals surface area contributed by atoms with Gasteiger partial charge in [-0.15, -0.1) is 0 Å². The van der Waals surface area contributed by atoms with Crippen LogP contribution in [0.2, 0.25) is 5.15 Å². The number of pyridine rings is 1. The molecule has 2 aromatic carbocycles. The zero-order valence-corrected chi connectivity index (χ0v) is 17.5. The summed E-state index contributed by atoms with van der Waals surface area (Å²) >= 11 is 5.86. The van der Waals surface area contributed by atoms with Gasteiger partial charge in [0, 0.05) is 35.8 Å². The van der Waals surface area contributed by atoms with E-state index < -0.39 is 5.63 Å². The second-order valence-electron chi connectivity index (χ2n) is 6.92. The third-order valence-electron chi connectivity index (χ3n) is 4.86. The lowest BCUT2D eigenvalue weighted by Gasteiger charge is -2.12. The Balaban J connectivity index is 1.65. The lowest BCUT2D eigenvalue weighted by molar-refractivity contribution is -0.116. The number of ether oxygens (including phenoxy) is 1. The van der Waals surface area contributed by atoms with Crippen LogP contribution in [0.4, 0.5) is 5.69 Å². The summed E-state index contributed by atoms with van der Waals surface area (Å²) in [5.74, 6) is 0.396. The zero-order valence-electron chi connectivity index (χ0n) is 16.7. The first-order valence-corrected chi connectivity index (χ1v) is 10.0. The molecular weight excluding hydrogens is 416 g/mol. The summed E-state index contributed by atoms with van der Waals surface area (Å²) in [6, 6.07) is 18.0. The fourth-order valence-electron chi connectivity index (χ4n) is 3.43. The maximum Gasteiger partial charge on any atom is 0.336 e. The predicted octanol–water partition coefficient (Wildman–Crippen LogP) is 5.09. The van der Waals surface area contributed by atoms with Gasteiger partial charge >= 0.3 is 5.63 Å². The van der Waals surface area contributed by atoms with E-state index in [1.807, 2.05) is 36.4 Å². The summed E-state index contributed by atoms with van der Waals surface area (Å²) in [6.07, 6.45) is 2.21. The Hall–Kier alpha value is -3.64. The smallest absolute Gasteiger partial charge is 0.336 e. The molecule has 1 amide bonds. The van der Waals surface area contributed by atoms with E-state index >= 15 is 0 Å². The molecule has 31 heavy (non-hydrogen) atoms. The van der Waals surface area contributed by atoms with E-state index in [9.17, 15) is 9.59 Å². The normalized spacial score (nSPS) is 10.8. The lowest BCUT2D eigenvalue weighted by atomic mass is 9.98. The number of nitrogens with zero attached hydrogens (tertiary/aromatic N) is 1. The number of nitrogens with one attached hydrogen (secondary N) is 1. The zero-order chi connectivity index (χ0) is 21.8. The first kappa shape index (κ1) is 20.6. The van der Waals surface area contributed by atoms with Gasteiger partial charge in [-0.3, -0.25) is 4.79 Å². The predicted molar refractivity (Wildman–Crippen MR) is 121 cm³/mol. The van der Waals surface area contributed by atoms with Crippen molar-refractivity contribution in [1.82, 2.24) is 4.98 Å². The summed E-state index contributed by atoms with van der Waals surface area (Å²) in [5, 5.41) is 3.90. The van der Waals surface area contributed by atoms with Gasteiger partial charge in [-0.2, -0.15) is 0 Å². The van der Waals surface area contributed by atoms with Gasteiger partial charge in [-0.25, -0.2) is 9.78 Å². The maximum absolute atomic E-state index is 12.4. The number of benzene rings is 2. The second kappa shape index (κ2) is 9.02. The van der Waals surface area contributed by atoms with Gasteiger partial charge in [-0.05, 0) is 41.3 Å². The van der Waals surface area contributed by atoms with Crippen molar-refractivity contribution in [3.05, 3.63) is 88.0 Å². The number of halogens is 1. The fourth-order valence-corrected chi connectivity index (χ4v) is 3.60. The molecule has 1 N–H and O–H groups in total. The average molecular weight is 435 g/mol. The van der Waals surface area contributed by atoms with Crippen molar-refractivity contribution in [2.24, 2.45) is 0 Å². The number of carbonyl (C=O) groups is 1. The highest BCUT2D eigenvalue weighted by molar-refractivity contribution is 6.29. The monoisotopic (exact) mass is 434 g/mol. The number of hydrogen-bond donors (Lipinski definition) is 1. The fraction of sp³-hybridized carbons (Fsp3) is 0.125. The van der Waals surface area contributed by atoms with Gasteiger partial charge in [0.05, 0.1) is 7.11 Å². The quantitative estimate of drug-likeness (QED) is 0.337. The molecule has 0 saturated carbocycles. The molecule has 7 heteroatoms. The van der Waals surface area contributed by atoms with Crippen LogP contribution in [0.3, 0.4) is 0 Å². The molecule has 2 heterocycles. The SMILES string of the molecule is COc1cc2oc(=O)cc(-c3ccccc3)c2cc1CCC(=O)Nc1ccnc(Cl)c1. The molecule has 0 unspecified atom stereocenters. The highest BCUT2D eigenvalue weighted by Gasteiger charge is 2.14. The summed E-state index contributed by atoms with van der Waals surface area (Å²) in [5.41, 5.74) is 3.10. The van der Waals surface area contributed by atoms with Crippen LogP contribution in [-0.2, 0) is 11.2 Å². The highest BCUT2D eigenvalue weighted by atomic mass is 35.5. The molecule has 0 aliphatic rings. The minimum atomic E-state index is -0.434. The van der Waals surface area contributed by atoms with Crippen LogP contribution in [0.15, 0.2) is 76.1 Å². The standard InChI is InChI=1S/C24H19ClN2O4/c1-30-20-14-21-19(18(13-24(29)31-21)15-5-3-2-4-6-15)11-16(20)7-8-23(28)27-17-9-10-26-22(25)12-17/h2-6,9-14H,7-8H2,1H3,(H,26,27,28). The Morgan fingerprint density at radius 2 is 1.94 bits per heavy atom. The van der Waals surface area contributed by atoms with Crippen molar-refractivity contribution in [2.75, 3.05) is 12.4 Å². The van der Waals surface area contributed by atoms with Crippen LogP contribution >= 0.6 is 11.6 Å². The van der Waals surface area contributed by atoms with E-state index in [-0.39, 0.29) is 12.3 Å². The minimum absolute atomic E-state index is 0.160. The van der Waals surface area contributed by atoms with E-state index in [1.54, 1.807) is 25.3 Å². The highest BCUT2D eigenvalue weighted by Crippen LogP contribution is 2.33. The van der Waals surface area contributed by atoms with Gasteiger partial charge < -0.3 is 14.5 Å². The number of fused-ring (bicyclic) bond motifs is 1. The largest absolute Gasteiger partial charge is 0.496 e. The summed E-state index contributed by atoms with van der Waals surface area (Å²) in [4.78, 5) is 28.4. The Kier molecular flexibility index (Phi) is 6.00. The molecule has 0 aliphatic carbocycles. The summed E-state index contributed by atoms with van der Waals surface area (Å²) in [7, 11) is 1.54. The first-order valence-electron chi connectivity index (χ1n) is 9.65. The maximum atomic E-state index is 12.4. The number of anilines is 1. The number of aryl methyl sites for hydroxylation is 1. The van der Waals surface area contributed by atoms with Gasteiger partial charge in [0.25, 0.3) is 0 Å². The van der Waals surface area contributed by atoms with Crippen molar-refractivity contribution < 1.29 is 13.9 Å². The molecule has 6 nitrogen and oxygen atoms in total. The number of hydrogen-bond acceptors (Lipinski definition) is 5. The Bertz CT molecular complexity index is 1300. The Morgan fingerprint density at radius 1 is 1.13 bits per heavy atom.